The predicted octanol–water partition coefficient (Wildman–Crippen LogP) is 3.19. The molecule has 0 fully saturated rings. The summed E-state index contributed by atoms with van der Waals surface area (Å²) in [5, 5.41) is 15.1. The van der Waals surface area contributed by atoms with Crippen molar-refractivity contribution in [2.24, 2.45) is 5.16 Å². The number of ether oxygens (including phenoxy) is 3. The summed E-state index contributed by atoms with van der Waals surface area (Å²) in [7, 11) is 0. The lowest BCUT2D eigenvalue weighted by Crippen LogP contribution is -2.35. The molecule has 1 aromatic carbocycles. The van der Waals surface area contributed by atoms with E-state index in [9.17, 15) is 10.0 Å². The number of amides is 1. The van der Waals surface area contributed by atoms with Gasteiger partial charge in [-0.05, 0) is 52.8 Å². The van der Waals surface area contributed by atoms with Crippen LogP contribution in [0.15, 0.2) is 23.4 Å². The van der Waals surface area contributed by atoms with E-state index in [0.717, 1.165) is 0 Å². The molecule has 0 aromatic heterocycles. The van der Waals surface area contributed by atoms with Crippen molar-refractivity contribution in [3.8, 4) is 11.5 Å². The van der Waals surface area contributed by atoms with Gasteiger partial charge in [-0.15, -0.1) is 0 Å². The van der Waals surface area contributed by atoms with Gasteiger partial charge in [0, 0.05) is 5.56 Å². The third kappa shape index (κ3) is 6.36. The zero-order valence-corrected chi connectivity index (χ0v) is 14.9. The van der Waals surface area contributed by atoms with Crippen molar-refractivity contribution in [2.75, 3.05) is 19.8 Å². The van der Waals surface area contributed by atoms with Crippen molar-refractivity contribution in [3.05, 3.63) is 23.8 Å². The Labute approximate surface area is 142 Å². The minimum absolute atomic E-state index is 0.0188. The van der Waals surface area contributed by atoms with Crippen LogP contribution in [-0.4, -0.2) is 42.4 Å². The van der Waals surface area contributed by atoms with Crippen molar-refractivity contribution in [3.63, 3.8) is 0 Å². The maximum Gasteiger partial charge on any atom is 0.407 e. The molecule has 0 aliphatic rings. The molecule has 1 amide bonds. The lowest BCUT2D eigenvalue weighted by molar-refractivity contribution is 0.0536. The molecule has 0 unspecified atom stereocenters. The fourth-order valence-electron chi connectivity index (χ4n) is 1.90. The number of rotatable bonds is 7. The molecule has 134 valence electrons. The maximum absolute atomic E-state index is 11.7. The fraction of sp³-hybridized carbons (Fsp3) is 0.529. The average Bonchev–Trinajstić information content (AvgIpc) is 2.49. The minimum Gasteiger partial charge on any atom is -0.490 e. The molecule has 1 rings (SSSR count). The molecule has 7 heteroatoms. The second kappa shape index (κ2) is 9.00. The predicted molar refractivity (Wildman–Crippen MR) is 91.3 cm³/mol. The van der Waals surface area contributed by atoms with Gasteiger partial charge in [-0.3, -0.25) is 0 Å². The Morgan fingerprint density at radius 3 is 2.33 bits per heavy atom. The topological polar surface area (TPSA) is 89.4 Å². The van der Waals surface area contributed by atoms with E-state index in [1.165, 1.54) is 0 Å². The average molecular weight is 338 g/mol. The summed E-state index contributed by atoms with van der Waals surface area (Å²) < 4.78 is 16.2. The van der Waals surface area contributed by atoms with Crippen LogP contribution in [-0.2, 0) is 4.74 Å². The smallest absolute Gasteiger partial charge is 0.407 e. The molecule has 2 N–H and O–H groups in total. The van der Waals surface area contributed by atoms with Crippen LogP contribution in [0.3, 0.4) is 0 Å². The van der Waals surface area contributed by atoms with Gasteiger partial charge in [-0.2, -0.15) is 0 Å². The highest BCUT2D eigenvalue weighted by Gasteiger charge is 2.17. The number of benzene rings is 1. The van der Waals surface area contributed by atoms with Crippen molar-refractivity contribution >= 4 is 11.8 Å². The van der Waals surface area contributed by atoms with E-state index >= 15 is 0 Å². The lowest BCUT2D eigenvalue weighted by atomic mass is 10.1. The second-order valence-corrected chi connectivity index (χ2v) is 5.93. The number of nitrogens with zero attached hydrogens (tertiary/aromatic N) is 1. The molecule has 24 heavy (non-hydrogen) atoms. The number of carbonyl (C=O) groups excluding carboxylic acids is 1. The first-order valence-corrected chi connectivity index (χ1v) is 7.88. The fourth-order valence-corrected chi connectivity index (χ4v) is 1.90. The highest BCUT2D eigenvalue weighted by molar-refractivity contribution is 6.03. The van der Waals surface area contributed by atoms with E-state index in [-0.39, 0.29) is 12.3 Å². The molecule has 0 aliphatic carbocycles. The Bertz CT molecular complexity index is 579. The van der Waals surface area contributed by atoms with Crippen molar-refractivity contribution in [1.82, 2.24) is 5.32 Å². The molecule has 0 spiro atoms. The largest absolute Gasteiger partial charge is 0.490 e. The SMILES string of the molecule is CCOc1ccc(/C(CNC(=O)OC(C)(C)C)=N/O)cc1OCC. The normalized spacial score (nSPS) is 11.8. The summed E-state index contributed by atoms with van der Waals surface area (Å²) in [6.45, 7) is 10.1. The lowest BCUT2D eigenvalue weighted by Gasteiger charge is -2.20. The van der Waals surface area contributed by atoms with Gasteiger partial charge in [0.05, 0.1) is 19.8 Å². The van der Waals surface area contributed by atoms with Gasteiger partial charge >= 0.3 is 6.09 Å². The zero-order chi connectivity index (χ0) is 18.2. The zero-order valence-electron chi connectivity index (χ0n) is 14.9. The van der Waals surface area contributed by atoms with Crippen molar-refractivity contribution in [1.29, 1.82) is 0 Å². The minimum atomic E-state index is -0.595. The summed E-state index contributed by atoms with van der Waals surface area (Å²) in [5.41, 5.74) is 0.298. The molecule has 0 saturated heterocycles. The van der Waals surface area contributed by atoms with E-state index in [2.05, 4.69) is 10.5 Å². The molecule has 0 bridgehead atoms. The molecule has 1 aromatic rings. The second-order valence-electron chi connectivity index (χ2n) is 5.93. The first-order valence-electron chi connectivity index (χ1n) is 7.88. The third-order valence-corrected chi connectivity index (χ3v) is 2.80. The summed E-state index contributed by atoms with van der Waals surface area (Å²) in [6.07, 6.45) is -0.584. The van der Waals surface area contributed by atoms with Crippen LogP contribution in [0.1, 0.15) is 40.2 Å². The van der Waals surface area contributed by atoms with Crippen LogP contribution in [0, 0.1) is 0 Å². The van der Waals surface area contributed by atoms with E-state index in [0.29, 0.717) is 30.3 Å². The first-order chi connectivity index (χ1) is 11.3. The number of nitrogens with one attached hydrogen (secondary N) is 1. The van der Waals surface area contributed by atoms with Crippen LogP contribution < -0.4 is 14.8 Å². The van der Waals surface area contributed by atoms with Crippen LogP contribution >= 0.6 is 0 Å². The van der Waals surface area contributed by atoms with Gasteiger partial charge in [0.1, 0.15) is 11.3 Å². The third-order valence-electron chi connectivity index (χ3n) is 2.80. The summed E-state index contributed by atoms with van der Waals surface area (Å²) in [6, 6.07) is 5.18. The standard InChI is InChI=1S/C17H26N2O5/c1-6-22-14-9-8-12(10-15(14)23-7-2)13(19-21)11-18-16(20)24-17(3,4)5/h8-10,21H,6-7,11H2,1-5H3,(H,18,20)/b19-13+. The van der Waals surface area contributed by atoms with Gasteiger partial charge in [0.25, 0.3) is 0 Å². The van der Waals surface area contributed by atoms with Crippen molar-refractivity contribution in [2.45, 2.75) is 40.2 Å². The molecular weight excluding hydrogens is 312 g/mol. The monoisotopic (exact) mass is 338 g/mol. The van der Waals surface area contributed by atoms with Gasteiger partial charge in [0.15, 0.2) is 11.5 Å². The van der Waals surface area contributed by atoms with Crippen LogP contribution in [0.2, 0.25) is 0 Å². The maximum atomic E-state index is 11.7. The van der Waals surface area contributed by atoms with Crippen molar-refractivity contribution < 1.29 is 24.2 Å². The van der Waals surface area contributed by atoms with E-state index in [1.54, 1.807) is 39.0 Å². The van der Waals surface area contributed by atoms with E-state index in [1.807, 2.05) is 13.8 Å². The van der Waals surface area contributed by atoms with Crippen LogP contribution in [0.4, 0.5) is 4.79 Å². The quantitative estimate of drug-likeness (QED) is 0.453. The molecule has 0 saturated carbocycles. The Balaban J connectivity index is 2.85. The number of oxime groups is 1. The van der Waals surface area contributed by atoms with E-state index < -0.39 is 11.7 Å². The van der Waals surface area contributed by atoms with E-state index in [4.69, 9.17) is 14.2 Å². The first kappa shape index (κ1) is 19.6. The highest BCUT2D eigenvalue weighted by atomic mass is 16.6. The molecule has 0 aliphatic heterocycles. The number of alkyl carbamates (subject to hydrolysis) is 1. The molecule has 0 atom stereocenters. The van der Waals surface area contributed by atoms with Gasteiger partial charge in [-0.25, -0.2) is 4.79 Å². The van der Waals surface area contributed by atoms with Crippen LogP contribution in [0.25, 0.3) is 0 Å². The van der Waals surface area contributed by atoms with Gasteiger partial charge in [0.2, 0.25) is 0 Å². The Hall–Kier alpha value is -2.44. The Morgan fingerprint density at radius 2 is 1.79 bits per heavy atom. The highest BCUT2D eigenvalue weighted by Crippen LogP contribution is 2.28. The molecular formula is C17H26N2O5. The summed E-state index contributed by atoms with van der Waals surface area (Å²) >= 11 is 0. The summed E-state index contributed by atoms with van der Waals surface area (Å²) in [4.78, 5) is 11.7. The summed E-state index contributed by atoms with van der Waals surface area (Å²) in [5.74, 6) is 1.16. The number of hydrogen-bond acceptors (Lipinski definition) is 6. The van der Waals surface area contributed by atoms with Crippen LogP contribution in [0.5, 0.6) is 11.5 Å². The number of carbonyl (C=O) groups is 1. The molecule has 0 heterocycles. The van der Waals surface area contributed by atoms with Gasteiger partial charge < -0.3 is 24.7 Å². The molecule has 0 radical (unpaired) electrons. The van der Waals surface area contributed by atoms with Gasteiger partial charge in [-0.1, -0.05) is 5.16 Å². The number of hydrogen-bond donors (Lipinski definition) is 2. The Kier molecular flexibility index (Phi) is 7.35. The Morgan fingerprint density at radius 1 is 1.17 bits per heavy atom. The molecule has 7 nitrogen and oxygen atoms in total.